The summed E-state index contributed by atoms with van der Waals surface area (Å²) in [6.07, 6.45) is 13.5. The molecule has 17 heavy (non-hydrogen) atoms. The van der Waals surface area contributed by atoms with Crippen molar-refractivity contribution in [2.24, 2.45) is 0 Å². The Morgan fingerprint density at radius 2 is 1.94 bits per heavy atom. The fraction of sp³-hybridized carbons (Fsp3) is 0.500. The molecule has 0 aliphatic heterocycles. The molecule has 0 nitrogen and oxygen atoms in total. The van der Waals surface area contributed by atoms with Gasteiger partial charge in [-0.05, 0) is 25.0 Å². The van der Waals surface area contributed by atoms with Crippen LogP contribution < -0.4 is 0 Å². The number of allylic oxidation sites excluding steroid dienone is 1. The Labute approximate surface area is 111 Å². The van der Waals surface area contributed by atoms with E-state index in [2.05, 4.69) is 25.1 Å². The molecule has 0 saturated heterocycles. The summed E-state index contributed by atoms with van der Waals surface area (Å²) in [6.45, 7) is 2.25. The van der Waals surface area contributed by atoms with Crippen LogP contribution in [-0.4, -0.2) is 0 Å². The zero-order valence-electron chi connectivity index (χ0n) is 10.7. The highest BCUT2D eigenvalue weighted by atomic mass is 35.5. The number of benzene rings is 1. The van der Waals surface area contributed by atoms with E-state index >= 15 is 0 Å². The average molecular weight is 250 g/mol. The molecular formula is C16H22Cl. The highest BCUT2D eigenvalue weighted by molar-refractivity contribution is 6.32. The first kappa shape index (κ1) is 14.3. The lowest BCUT2D eigenvalue weighted by Crippen LogP contribution is -1.78. The molecule has 1 radical (unpaired) electrons. The van der Waals surface area contributed by atoms with Gasteiger partial charge in [-0.1, -0.05) is 74.9 Å². The molecule has 0 saturated carbocycles. The van der Waals surface area contributed by atoms with E-state index < -0.39 is 0 Å². The van der Waals surface area contributed by atoms with E-state index in [1.54, 1.807) is 0 Å². The number of unbranched alkanes of at least 4 members (excludes halogenated alkanes) is 6. The first-order valence-corrected chi connectivity index (χ1v) is 7.05. The summed E-state index contributed by atoms with van der Waals surface area (Å²) in [7, 11) is 0. The van der Waals surface area contributed by atoms with E-state index in [0.29, 0.717) is 0 Å². The first-order valence-electron chi connectivity index (χ1n) is 6.67. The predicted molar refractivity (Wildman–Crippen MR) is 77.3 cm³/mol. The minimum Gasteiger partial charge on any atom is -0.0839 e. The Bertz CT molecular complexity index is 328. The van der Waals surface area contributed by atoms with Crippen molar-refractivity contribution < 1.29 is 0 Å². The first-order chi connectivity index (χ1) is 8.34. The number of rotatable bonds is 8. The van der Waals surface area contributed by atoms with Crippen molar-refractivity contribution in [2.75, 3.05) is 0 Å². The van der Waals surface area contributed by atoms with Gasteiger partial charge in [0.15, 0.2) is 0 Å². The second kappa shape index (κ2) is 9.30. The Kier molecular flexibility index (Phi) is 7.83. The van der Waals surface area contributed by atoms with Crippen LogP contribution in [0.15, 0.2) is 24.3 Å². The lowest BCUT2D eigenvalue weighted by atomic mass is 10.1. The van der Waals surface area contributed by atoms with Crippen LogP contribution in [-0.2, 0) is 0 Å². The van der Waals surface area contributed by atoms with Gasteiger partial charge < -0.3 is 0 Å². The fourth-order valence-corrected chi connectivity index (χ4v) is 1.99. The summed E-state index contributed by atoms with van der Waals surface area (Å²) in [5, 5.41) is 0.784. The Morgan fingerprint density at radius 3 is 2.71 bits per heavy atom. The van der Waals surface area contributed by atoms with Crippen molar-refractivity contribution in [1.29, 1.82) is 0 Å². The zero-order chi connectivity index (χ0) is 12.3. The maximum absolute atomic E-state index is 6.04. The zero-order valence-corrected chi connectivity index (χ0v) is 11.5. The van der Waals surface area contributed by atoms with E-state index in [9.17, 15) is 0 Å². The SMILES string of the molecule is CCCCCCCCC=Cc1[c]cccc1Cl. The Morgan fingerprint density at radius 1 is 1.18 bits per heavy atom. The van der Waals surface area contributed by atoms with Gasteiger partial charge in [0, 0.05) is 10.6 Å². The lowest BCUT2D eigenvalue weighted by molar-refractivity contribution is 0.611. The summed E-state index contributed by atoms with van der Waals surface area (Å²) in [4.78, 5) is 0. The molecule has 1 aromatic carbocycles. The van der Waals surface area contributed by atoms with Crippen molar-refractivity contribution >= 4 is 17.7 Å². The molecular weight excluding hydrogens is 228 g/mol. The molecule has 1 rings (SSSR count). The van der Waals surface area contributed by atoms with E-state index in [4.69, 9.17) is 11.6 Å². The lowest BCUT2D eigenvalue weighted by Gasteiger charge is -1.98. The molecule has 0 heterocycles. The number of hydrogen-bond acceptors (Lipinski definition) is 0. The van der Waals surface area contributed by atoms with Crippen LogP contribution in [0.1, 0.15) is 57.4 Å². The molecule has 0 N–H and O–H groups in total. The number of hydrogen-bond donors (Lipinski definition) is 0. The monoisotopic (exact) mass is 249 g/mol. The van der Waals surface area contributed by atoms with Crippen LogP contribution >= 0.6 is 11.6 Å². The summed E-state index contributed by atoms with van der Waals surface area (Å²) >= 11 is 6.04. The van der Waals surface area contributed by atoms with Crippen molar-refractivity contribution in [3.05, 3.63) is 40.9 Å². The van der Waals surface area contributed by atoms with E-state index in [-0.39, 0.29) is 0 Å². The molecule has 0 spiro atoms. The van der Waals surface area contributed by atoms with Crippen LogP contribution in [0, 0.1) is 6.07 Å². The standard InChI is InChI=1S/C16H22Cl/c1-2-3-4-5-6-7-8-9-12-15-13-10-11-14-16(15)17/h9-12,14H,2-8H2,1H3. The quantitative estimate of drug-likeness (QED) is 0.503. The maximum Gasteiger partial charge on any atom is 0.0484 e. The average Bonchev–Trinajstić information content (AvgIpc) is 2.35. The molecule has 0 bridgehead atoms. The summed E-state index contributed by atoms with van der Waals surface area (Å²) in [5.41, 5.74) is 1.00. The molecule has 0 aromatic heterocycles. The van der Waals surface area contributed by atoms with Crippen LogP contribution in [0.4, 0.5) is 0 Å². The van der Waals surface area contributed by atoms with Gasteiger partial charge in [0.25, 0.3) is 0 Å². The van der Waals surface area contributed by atoms with E-state index in [1.807, 2.05) is 18.2 Å². The molecule has 1 heteroatoms. The van der Waals surface area contributed by atoms with Crippen molar-refractivity contribution in [3.63, 3.8) is 0 Å². The minimum absolute atomic E-state index is 0.784. The molecule has 1 aromatic rings. The third-order valence-corrected chi connectivity index (χ3v) is 3.17. The highest BCUT2D eigenvalue weighted by Gasteiger charge is 1.93. The third-order valence-electron chi connectivity index (χ3n) is 2.84. The van der Waals surface area contributed by atoms with Gasteiger partial charge in [-0.25, -0.2) is 0 Å². The highest BCUT2D eigenvalue weighted by Crippen LogP contribution is 2.16. The normalized spacial score (nSPS) is 11.2. The molecule has 93 valence electrons. The van der Waals surface area contributed by atoms with Gasteiger partial charge in [0.2, 0.25) is 0 Å². The Hall–Kier alpha value is -0.750. The van der Waals surface area contributed by atoms with Gasteiger partial charge in [-0.2, -0.15) is 0 Å². The topological polar surface area (TPSA) is 0 Å². The second-order valence-corrected chi connectivity index (χ2v) is 4.80. The van der Waals surface area contributed by atoms with Crippen LogP contribution in [0.5, 0.6) is 0 Å². The molecule has 0 aliphatic carbocycles. The van der Waals surface area contributed by atoms with Crippen molar-refractivity contribution in [3.8, 4) is 0 Å². The maximum atomic E-state index is 6.04. The Balaban J connectivity index is 2.12. The summed E-state index contributed by atoms with van der Waals surface area (Å²) in [6, 6.07) is 8.85. The van der Waals surface area contributed by atoms with Crippen molar-refractivity contribution in [2.45, 2.75) is 51.9 Å². The largest absolute Gasteiger partial charge is 0.0839 e. The predicted octanol–water partition coefficient (Wildman–Crippen LogP) is 5.90. The molecule has 0 aliphatic rings. The van der Waals surface area contributed by atoms with E-state index in [1.165, 1.54) is 38.5 Å². The molecule has 0 fully saturated rings. The van der Waals surface area contributed by atoms with Gasteiger partial charge >= 0.3 is 0 Å². The van der Waals surface area contributed by atoms with E-state index in [0.717, 1.165) is 17.0 Å². The molecule has 0 unspecified atom stereocenters. The van der Waals surface area contributed by atoms with Gasteiger partial charge in [0.05, 0.1) is 0 Å². The van der Waals surface area contributed by atoms with Crippen LogP contribution in [0.2, 0.25) is 5.02 Å². The number of halogens is 1. The van der Waals surface area contributed by atoms with Crippen LogP contribution in [0.3, 0.4) is 0 Å². The van der Waals surface area contributed by atoms with Gasteiger partial charge in [-0.15, -0.1) is 0 Å². The minimum atomic E-state index is 0.784. The fourth-order valence-electron chi connectivity index (χ4n) is 1.80. The smallest absolute Gasteiger partial charge is 0.0484 e. The van der Waals surface area contributed by atoms with Crippen molar-refractivity contribution in [1.82, 2.24) is 0 Å². The van der Waals surface area contributed by atoms with Gasteiger partial charge in [-0.3, -0.25) is 0 Å². The summed E-state index contributed by atoms with van der Waals surface area (Å²) in [5.74, 6) is 0. The third kappa shape index (κ3) is 6.53. The molecule has 0 amide bonds. The molecule has 0 atom stereocenters. The van der Waals surface area contributed by atoms with Gasteiger partial charge in [0.1, 0.15) is 0 Å². The summed E-state index contributed by atoms with van der Waals surface area (Å²) < 4.78 is 0. The van der Waals surface area contributed by atoms with Crippen LogP contribution in [0.25, 0.3) is 6.08 Å². The second-order valence-electron chi connectivity index (χ2n) is 4.39.